The van der Waals surface area contributed by atoms with Gasteiger partial charge in [-0.15, -0.1) is 0 Å². The lowest BCUT2D eigenvalue weighted by Gasteiger charge is -2.18. The third-order valence-electron chi connectivity index (χ3n) is 4.36. The number of carbonyl (C=O) groups excluding carboxylic acids is 1. The third kappa shape index (κ3) is 5.07. The number of rotatable bonds is 7. The number of nitrogens with zero attached hydrogens (tertiary/aromatic N) is 2. The van der Waals surface area contributed by atoms with Crippen LogP contribution < -0.4 is 10.9 Å². The van der Waals surface area contributed by atoms with Crippen LogP contribution >= 0.6 is 27.7 Å². The second-order valence-corrected chi connectivity index (χ2v) is 8.51. The molecule has 3 rings (SSSR count). The first-order chi connectivity index (χ1) is 13.9. The minimum absolute atomic E-state index is 0.130. The molecule has 0 fully saturated rings. The number of aryl methyl sites for hydroxylation is 1. The van der Waals surface area contributed by atoms with Crippen LogP contribution in [0.3, 0.4) is 0 Å². The zero-order valence-corrected chi connectivity index (χ0v) is 18.8. The van der Waals surface area contributed by atoms with Gasteiger partial charge in [0, 0.05) is 11.6 Å². The molecule has 3 aromatic rings. The predicted octanol–water partition coefficient (Wildman–Crippen LogP) is 4.41. The summed E-state index contributed by atoms with van der Waals surface area (Å²) < 4.78 is 7.65. The normalized spacial score (nSPS) is 12.1. The van der Waals surface area contributed by atoms with E-state index in [2.05, 4.69) is 26.2 Å². The van der Waals surface area contributed by atoms with Crippen LogP contribution in [-0.4, -0.2) is 34.9 Å². The summed E-state index contributed by atoms with van der Waals surface area (Å²) in [4.78, 5) is 30.1. The maximum absolute atomic E-state index is 13.0. The van der Waals surface area contributed by atoms with E-state index in [0.29, 0.717) is 28.4 Å². The summed E-state index contributed by atoms with van der Waals surface area (Å²) in [6, 6.07) is 12.7. The molecule has 6 nitrogen and oxygen atoms in total. The Balaban J connectivity index is 1.85. The fraction of sp³-hybridized carbons (Fsp3) is 0.286. The Morgan fingerprint density at radius 1 is 1.31 bits per heavy atom. The molecule has 0 spiro atoms. The Morgan fingerprint density at radius 2 is 2.07 bits per heavy atom. The van der Waals surface area contributed by atoms with E-state index in [4.69, 9.17) is 4.74 Å². The first kappa shape index (κ1) is 21.5. The number of amides is 1. The number of hydrogen-bond acceptors (Lipinski definition) is 5. The smallest absolute Gasteiger partial charge is 0.262 e. The maximum Gasteiger partial charge on any atom is 0.262 e. The number of halogens is 1. The number of para-hydroxylation sites is 1. The molecule has 0 aliphatic heterocycles. The number of anilines is 1. The van der Waals surface area contributed by atoms with E-state index in [1.807, 2.05) is 44.2 Å². The van der Waals surface area contributed by atoms with E-state index >= 15 is 0 Å². The molecule has 1 amide bonds. The van der Waals surface area contributed by atoms with Crippen molar-refractivity contribution in [3.63, 3.8) is 0 Å². The van der Waals surface area contributed by atoms with Crippen LogP contribution in [-0.2, 0) is 9.53 Å². The van der Waals surface area contributed by atoms with Crippen molar-refractivity contribution in [2.45, 2.75) is 25.0 Å². The fourth-order valence-corrected chi connectivity index (χ4v) is 4.46. The van der Waals surface area contributed by atoms with E-state index in [0.717, 1.165) is 10.0 Å². The number of ether oxygens (including phenoxy) is 1. The van der Waals surface area contributed by atoms with Gasteiger partial charge in [-0.25, -0.2) is 4.98 Å². The van der Waals surface area contributed by atoms with Crippen LogP contribution in [0.2, 0.25) is 0 Å². The summed E-state index contributed by atoms with van der Waals surface area (Å²) in [5, 5.41) is 3.93. The van der Waals surface area contributed by atoms with Crippen molar-refractivity contribution in [3.05, 3.63) is 62.9 Å². The Hall–Kier alpha value is -2.16. The van der Waals surface area contributed by atoms with E-state index in [1.54, 1.807) is 23.8 Å². The quantitative estimate of drug-likeness (QED) is 0.404. The lowest BCUT2D eigenvalue weighted by Crippen LogP contribution is -2.29. The molecule has 1 heterocycles. The summed E-state index contributed by atoms with van der Waals surface area (Å²) in [7, 11) is 1.59. The van der Waals surface area contributed by atoms with Gasteiger partial charge in [0.25, 0.3) is 5.56 Å². The standard InChI is InChI=1S/C21H22BrN3O3S/c1-13-8-9-18(16(22)10-13)23-19(26)12-29-21-24-17-7-5-4-6-15(17)20(27)25(21)14(2)11-28-3/h4-10,14H,11-12H2,1-3H3,(H,23,26)/t14-/m1/s1. The van der Waals surface area contributed by atoms with Gasteiger partial charge in [0.2, 0.25) is 5.91 Å². The summed E-state index contributed by atoms with van der Waals surface area (Å²) in [5.41, 5.74) is 2.28. The van der Waals surface area contributed by atoms with Crippen molar-refractivity contribution in [2.24, 2.45) is 0 Å². The molecule has 0 saturated heterocycles. The van der Waals surface area contributed by atoms with Crippen molar-refractivity contribution in [2.75, 3.05) is 24.8 Å². The number of methoxy groups -OCH3 is 1. The minimum atomic E-state index is -0.207. The summed E-state index contributed by atoms with van der Waals surface area (Å²) in [6.45, 7) is 4.25. The summed E-state index contributed by atoms with van der Waals surface area (Å²) in [6.07, 6.45) is 0. The molecule has 0 radical (unpaired) electrons. The van der Waals surface area contributed by atoms with Crippen LogP contribution in [0.25, 0.3) is 10.9 Å². The Morgan fingerprint density at radius 3 is 2.79 bits per heavy atom. The number of carbonyl (C=O) groups is 1. The first-order valence-electron chi connectivity index (χ1n) is 9.09. The van der Waals surface area contributed by atoms with E-state index in [1.165, 1.54) is 11.8 Å². The largest absolute Gasteiger partial charge is 0.383 e. The van der Waals surface area contributed by atoms with Gasteiger partial charge in [0.05, 0.1) is 35.0 Å². The zero-order valence-electron chi connectivity index (χ0n) is 16.4. The Labute approximate surface area is 181 Å². The SMILES string of the molecule is COC[C@@H](C)n1c(SCC(=O)Nc2ccc(C)cc2Br)nc2ccccc2c1=O. The lowest BCUT2D eigenvalue weighted by atomic mass is 10.2. The third-order valence-corrected chi connectivity index (χ3v) is 5.96. The Kier molecular flexibility index (Phi) is 7.10. The van der Waals surface area contributed by atoms with Gasteiger partial charge >= 0.3 is 0 Å². The van der Waals surface area contributed by atoms with Crippen molar-refractivity contribution in [1.82, 2.24) is 9.55 Å². The fourth-order valence-electron chi connectivity index (χ4n) is 2.97. The Bertz CT molecular complexity index is 1100. The average Bonchev–Trinajstić information content (AvgIpc) is 2.69. The van der Waals surface area contributed by atoms with Crippen molar-refractivity contribution in [1.29, 1.82) is 0 Å². The number of nitrogens with one attached hydrogen (secondary N) is 1. The van der Waals surface area contributed by atoms with Crippen molar-refractivity contribution >= 4 is 50.2 Å². The minimum Gasteiger partial charge on any atom is -0.383 e. The van der Waals surface area contributed by atoms with Crippen LogP contribution in [0.5, 0.6) is 0 Å². The second kappa shape index (κ2) is 9.56. The van der Waals surface area contributed by atoms with Gasteiger partial charge in [-0.1, -0.05) is 30.0 Å². The molecule has 2 aromatic carbocycles. The molecule has 0 saturated carbocycles. The molecule has 152 valence electrons. The van der Waals surface area contributed by atoms with Crippen LogP contribution in [0.4, 0.5) is 5.69 Å². The summed E-state index contributed by atoms with van der Waals surface area (Å²) in [5.74, 6) is -0.0435. The highest BCUT2D eigenvalue weighted by Gasteiger charge is 2.18. The van der Waals surface area contributed by atoms with Gasteiger partial charge in [0.1, 0.15) is 0 Å². The number of fused-ring (bicyclic) bond motifs is 1. The maximum atomic E-state index is 13.0. The molecule has 1 N–H and O–H groups in total. The summed E-state index contributed by atoms with van der Waals surface area (Å²) >= 11 is 4.70. The van der Waals surface area contributed by atoms with E-state index in [-0.39, 0.29) is 23.3 Å². The van der Waals surface area contributed by atoms with E-state index < -0.39 is 0 Å². The van der Waals surface area contributed by atoms with Gasteiger partial charge in [-0.2, -0.15) is 0 Å². The molecule has 1 aromatic heterocycles. The van der Waals surface area contributed by atoms with Gasteiger partial charge in [-0.05, 0) is 59.6 Å². The topological polar surface area (TPSA) is 73.2 Å². The van der Waals surface area contributed by atoms with Crippen LogP contribution in [0.15, 0.2) is 56.9 Å². The molecule has 0 unspecified atom stereocenters. The zero-order chi connectivity index (χ0) is 21.0. The number of aromatic nitrogens is 2. The van der Waals surface area contributed by atoms with Gasteiger partial charge < -0.3 is 10.1 Å². The molecule has 1 atom stereocenters. The highest BCUT2D eigenvalue weighted by atomic mass is 79.9. The lowest BCUT2D eigenvalue weighted by molar-refractivity contribution is -0.113. The van der Waals surface area contributed by atoms with Gasteiger partial charge in [0.15, 0.2) is 5.16 Å². The number of thioether (sulfide) groups is 1. The predicted molar refractivity (Wildman–Crippen MR) is 121 cm³/mol. The number of benzene rings is 2. The molecular weight excluding hydrogens is 454 g/mol. The van der Waals surface area contributed by atoms with Crippen LogP contribution in [0.1, 0.15) is 18.5 Å². The highest BCUT2D eigenvalue weighted by Crippen LogP contribution is 2.25. The van der Waals surface area contributed by atoms with E-state index in [9.17, 15) is 9.59 Å². The molecule has 8 heteroatoms. The van der Waals surface area contributed by atoms with Gasteiger partial charge in [-0.3, -0.25) is 14.2 Å². The monoisotopic (exact) mass is 475 g/mol. The molecule has 29 heavy (non-hydrogen) atoms. The van der Waals surface area contributed by atoms with Crippen LogP contribution in [0, 0.1) is 6.92 Å². The molecule has 0 bridgehead atoms. The molecular formula is C21H22BrN3O3S. The second-order valence-electron chi connectivity index (χ2n) is 6.71. The van der Waals surface area contributed by atoms with Crippen molar-refractivity contribution < 1.29 is 9.53 Å². The first-order valence-corrected chi connectivity index (χ1v) is 10.9. The highest BCUT2D eigenvalue weighted by molar-refractivity contribution is 9.10. The average molecular weight is 476 g/mol. The van der Waals surface area contributed by atoms with Crippen molar-refractivity contribution in [3.8, 4) is 0 Å². The molecule has 0 aliphatic rings. The molecule has 0 aliphatic carbocycles. The number of hydrogen-bond donors (Lipinski definition) is 1.